The van der Waals surface area contributed by atoms with Gasteiger partial charge in [0.1, 0.15) is 5.94 Å². The standard InChI is InChI=1S/C4H5N3OS3/c5-1-8-2-10-4-7-6-3(9)11-4/h1,5H,2H2,(H,6,9). The van der Waals surface area contributed by atoms with Crippen LogP contribution in [-0.2, 0) is 4.74 Å². The Morgan fingerprint density at radius 3 is 3.27 bits per heavy atom. The van der Waals surface area contributed by atoms with E-state index in [9.17, 15) is 0 Å². The number of aromatic nitrogens is 2. The van der Waals surface area contributed by atoms with Crippen LogP contribution in [0.25, 0.3) is 0 Å². The summed E-state index contributed by atoms with van der Waals surface area (Å²) in [5, 5.41) is 13.1. The van der Waals surface area contributed by atoms with Crippen LogP contribution in [0.15, 0.2) is 4.34 Å². The van der Waals surface area contributed by atoms with Crippen molar-refractivity contribution in [2.75, 3.05) is 5.94 Å². The van der Waals surface area contributed by atoms with E-state index >= 15 is 0 Å². The number of ether oxygens (including phenoxy) is 1. The summed E-state index contributed by atoms with van der Waals surface area (Å²) in [6.45, 7) is 0. The summed E-state index contributed by atoms with van der Waals surface area (Å²) >= 11 is 7.61. The number of hydrogen-bond acceptors (Lipinski definition) is 6. The average Bonchev–Trinajstić information content (AvgIpc) is 2.37. The normalized spacial score (nSPS) is 9.45. The summed E-state index contributed by atoms with van der Waals surface area (Å²) in [6.07, 6.45) is 0.902. The van der Waals surface area contributed by atoms with Crippen LogP contribution < -0.4 is 0 Å². The summed E-state index contributed by atoms with van der Waals surface area (Å²) in [7, 11) is 0. The predicted molar refractivity (Wildman–Crippen MR) is 47.9 cm³/mol. The third kappa shape index (κ3) is 3.00. The molecular formula is C4H5N3OS3. The van der Waals surface area contributed by atoms with Crippen molar-refractivity contribution in [2.24, 2.45) is 0 Å². The molecule has 0 bridgehead atoms. The molecule has 1 aromatic rings. The van der Waals surface area contributed by atoms with Crippen LogP contribution in [0.2, 0.25) is 0 Å². The van der Waals surface area contributed by atoms with Crippen molar-refractivity contribution < 1.29 is 4.74 Å². The van der Waals surface area contributed by atoms with Crippen molar-refractivity contribution >= 4 is 41.7 Å². The van der Waals surface area contributed by atoms with Gasteiger partial charge in [-0.05, 0) is 12.2 Å². The van der Waals surface area contributed by atoms with Crippen molar-refractivity contribution in [3.8, 4) is 0 Å². The molecule has 0 unspecified atom stereocenters. The van der Waals surface area contributed by atoms with Crippen LogP contribution in [0, 0.1) is 9.36 Å². The van der Waals surface area contributed by atoms with Crippen LogP contribution in [0.1, 0.15) is 0 Å². The van der Waals surface area contributed by atoms with E-state index in [4.69, 9.17) is 17.6 Å². The fourth-order valence-electron chi connectivity index (χ4n) is 0.396. The topological polar surface area (TPSA) is 61.8 Å². The Morgan fingerprint density at radius 2 is 2.73 bits per heavy atom. The van der Waals surface area contributed by atoms with Gasteiger partial charge in [0.2, 0.25) is 0 Å². The van der Waals surface area contributed by atoms with Gasteiger partial charge < -0.3 is 4.74 Å². The zero-order chi connectivity index (χ0) is 8.10. The maximum absolute atomic E-state index is 6.57. The highest BCUT2D eigenvalue weighted by molar-refractivity contribution is 8.00. The summed E-state index contributed by atoms with van der Waals surface area (Å²) < 4.78 is 6.16. The molecule has 7 heteroatoms. The molecule has 0 fully saturated rings. The molecule has 4 nitrogen and oxygen atoms in total. The van der Waals surface area contributed by atoms with Crippen molar-refractivity contribution in [3.63, 3.8) is 0 Å². The van der Waals surface area contributed by atoms with Gasteiger partial charge in [-0.25, -0.2) is 0 Å². The van der Waals surface area contributed by atoms with E-state index in [-0.39, 0.29) is 0 Å². The first kappa shape index (κ1) is 8.69. The lowest BCUT2D eigenvalue weighted by Crippen LogP contribution is -1.83. The summed E-state index contributed by atoms with van der Waals surface area (Å²) in [5.74, 6) is 0.402. The smallest absolute Gasteiger partial charge is 0.177 e. The second kappa shape index (κ2) is 4.47. The molecule has 0 aliphatic heterocycles. The second-order valence-corrected chi connectivity index (χ2v) is 4.26. The fraction of sp³-hybridized carbons (Fsp3) is 0.250. The number of nitrogens with zero attached hydrogens (tertiary/aromatic N) is 1. The minimum absolute atomic E-state index is 0.402. The largest absolute Gasteiger partial charge is 0.473 e. The van der Waals surface area contributed by atoms with Gasteiger partial charge in [-0.15, -0.1) is 0 Å². The molecular weight excluding hydrogens is 202 g/mol. The molecule has 0 spiro atoms. The quantitative estimate of drug-likeness (QED) is 0.198. The van der Waals surface area contributed by atoms with E-state index in [2.05, 4.69) is 14.9 Å². The summed E-state index contributed by atoms with van der Waals surface area (Å²) in [6, 6.07) is 0. The van der Waals surface area contributed by atoms with Crippen molar-refractivity contribution in [1.82, 2.24) is 10.2 Å². The molecule has 1 aromatic heterocycles. The minimum atomic E-state index is 0.402. The summed E-state index contributed by atoms with van der Waals surface area (Å²) in [5.41, 5.74) is 0. The molecule has 2 N–H and O–H groups in total. The third-order valence-electron chi connectivity index (χ3n) is 0.752. The van der Waals surface area contributed by atoms with Gasteiger partial charge in [0.15, 0.2) is 14.7 Å². The third-order valence-corrected chi connectivity index (χ3v) is 2.83. The van der Waals surface area contributed by atoms with E-state index in [1.807, 2.05) is 0 Å². The molecule has 1 heterocycles. The van der Waals surface area contributed by atoms with Crippen LogP contribution in [0.4, 0.5) is 0 Å². The van der Waals surface area contributed by atoms with Gasteiger partial charge in [-0.3, -0.25) is 10.5 Å². The first-order valence-electron chi connectivity index (χ1n) is 2.62. The minimum Gasteiger partial charge on any atom is -0.473 e. The molecule has 0 amide bonds. The monoisotopic (exact) mass is 207 g/mol. The van der Waals surface area contributed by atoms with Gasteiger partial charge in [0.05, 0.1) is 0 Å². The Bertz CT molecular complexity index is 280. The lowest BCUT2D eigenvalue weighted by molar-refractivity contribution is 0.396. The first-order valence-corrected chi connectivity index (χ1v) is 4.83. The molecule has 0 saturated heterocycles. The Balaban J connectivity index is 2.38. The average molecular weight is 207 g/mol. The zero-order valence-corrected chi connectivity index (χ0v) is 7.81. The SMILES string of the molecule is N=COCSc1n[nH]c(=S)s1. The lowest BCUT2D eigenvalue weighted by Gasteiger charge is -1.92. The van der Waals surface area contributed by atoms with Crippen molar-refractivity contribution in [3.05, 3.63) is 3.95 Å². The Morgan fingerprint density at radius 1 is 1.91 bits per heavy atom. The fourth-order valence-corrected chi connectivity index (χ4v) is 2.16. The summed E-state index contributed by atoms with van der Waals surface area (Å²) in [4.78, 5) is 0. The highest BCUT2D eigenvalue weighted by atomic mass is 32.2. The van der Waals surface area contributed by atoms with Gasteiger partial charge in [-0.1, -0.05) is 23.1 Å². The molecule has 0 radical (unpaired) electrons. The molecule has 11 heavy (non-hydrogen) atoms. The Kier molecular flexibility index (Phi) is 3.53. The van der Waals surface area contributed by atoms with Crippen LogP contribution >= 0.6 is 35.3 Å². The molecule has 0 aliphatic carbocycles. The zero-order valence-electron chi connectivity index (χ0n) is 5.36. The van der Waals surface area contributed by atoms with Crippen molar-refractivity contribution in [2.45, 2.75) is 4.34 Å². The first-order chi connectivity index (χ1) is 5.33. The maximum Gasteiger partial charge on any atom is 0.177 e. The molecule has 1 rings (SSSR count). The van der Waals surface area contributed by atoms with E-state index in [0.717, 1.165) is 10.7 Å². The van der Waals surface area contributed by atoms with E-state index in [0.29, 0.717) is 9.89 Å². The van der Waals surface area contributed by atoms with E-state index in [1.165, 1.54) is 23.1 Å². The molecule has 60 valence electrons. The van der Waals surface area contributed by atoms with Gasteiger partial charge in [-0.2, -0.15) is 5.10 Å². The molecule has 0 aromatic carbocycles. The van der Waals surface area contributed by atoms with Crippen LogP contribution in [0.3, 0.4) is 0 Å². The number of H-pyrrole nitrogens is 1. The highest BCUT2D eigenvalue weighted by Crippen LogP contribution is 2.19. The van der Waals surface area contributed by atoms with Crippen LogP contribution in [-0.4, -0.2) is 22.5 Å². The predicted octanol–water partition coefficient (Wildman–Crippen LogP) is 1.87. The Hall–Kier alpha value is -0.400. The van der Waals surface area contributed by atoms with E-state index < -0.39 is 0 Å². The lowest BCUT2D eigenvalue weighted by atomic mass is 11.4. The van der Waals surface area contributed by atoms with Gasteiger partial charge in [0, 0.05) is 0 Å². The molecule has 0 atom stereocenters. The van der Waals surface area contributed by atoms with Gasteiger partial charge in [0.25, 0.3) is 0 Å². The number of hydrogen-bond donors (Lipinski definition) is 2. The molecule has 0 aliphatic rings. The number of nitrogens with one attached hydrogen (secondary N) is 2. The van der Waals surface area contributed by atoms with Crippen molar-refractivity contribution in [1.29, 1.82) is 5.41 Å². The Labute approximate surface area is 76.5 Å². The highest BCUT2D eigenvalue weighted by Gasteiger charge is 1.96. The van der Waals surface area contributed by atoms with Gasteiger partial charge >= 0.3 is 0 Å². The van der Waals surface area contributed by atoms with Crippen LogP contribution in [0.5, 0.6) is 0 Å². The van der Waals surface area contributed by atoms with E-state index in [1.54, 1.807) is 0 Å². The maximum atomic E-state index is 6.57. The second-order valence-electron chi connectivity index (χ2n) is 1.43. The number of aromatic amines is 1. The molecule has 0 saturated carbocycles. The number of thioether (sulfide) groups is 1. The number of rotatable bonds is 4.